The monoisotopic (exact) mass is 438 g/mol. The van der Waals surface area contributed by atoms with Crippen LogP contribution in [0.5, 0.6) is 0 Å². The fraction of sp³-hybridized carbons (Fsp3) is 0.826. The first-order valence-corrected chi connectivity index (χ1v) is 13.0. The standard InChI is InChI=1S/C23H45NO3S.Na/c1-3-5-6-7-8-9-10-11-12-13-14-15-16-17-18-19-21-24(20-4-2)22-23-28(25,26)27;/h4,11-12H,2-3,5-10,13-23H2,1H3,(H,25,26,27);. The Hall–Kier alpha value is 0.350. The van der Waals surface area contributed by atoms with Gasteiger partial charge in [0.25, 0.3) is 10.1 Å². The Morgan fingerprint density at radius 1 is 0.793 bits per heavy atom. The fourth-order valence-corrected chi connectivity index (χ4v) is 3.79. The Morgan fingerprint density at radius 2 is 1.28 bits per heavy atom. The van der Waals surface area contributed by atoms with Crippen molar-refractivity contribution in [3.8, 4) is 0 Å². The second kappa shape index (κ2) is 23.0. The van der Waals surface area contributed by atoms with Gasteiger partial charge in [-0.3, -0.25) is 9.45 Å². The van der Waals surface area contributed by atoms with Gasteiger partial charge in [0.2, 0.25) is 0 Å². The topological polar surface area (TPSA) is 57.6 Å². The SMILES string of the molecule is C=CCN(CCCCCCCCC=CCCCCCCCC)CCS(=O)(=O)O.[Na]. The van der Waals surface area contributed by atoms with E-state index < -0.39 is 10.1 Å². The molecule has 0 unspecified atom stereocenters. The van der Waals surface area contributed by atoms with E-state index in [4.69, 9.17) is 4.55 Å². The van der Waals surface area contributed by atoms with Gasteiger partial charge < -0.3 is 0 Å². The minimum atomic E-state index is -3.88. The maximum absolute atomic E-state index is 10.9. The van der Waals surface area contributed by atoms with Gasteiger partial charge in [-0.05, 0) is 38.6 Å². The van der Waals surface area contributed by atoms with Crippen LogP contribution < -0.4 is 0 Å². The molecule has 0 aliphatic carbocycles. The zero-order valence-corrected chi connectivity index (χ0v) is 22.1. The summed E-state index contributed by atoms with van der Waals surface area (Å²) in [6.07, 6.45) is 24.5. The van der Waals surface area contributed by atoms with Crippen LogP contribution in [0.25, 0.3) is 0 Å². The van der Waals surface area contributed by atoms with Gasteiger partial charge in [0.05, 0.1) is 5.75 Å². The molecule has 0 saturated heterocycles. The van der Waals surface area contributed by atoms with Crippen LogP contribution in [0.3, 0.4) is 0 Å². The molecule has 0 heterocycles. The molecule has 4 nitrogen and oxygen atoms in total. The first-order valence-electron chi connectivity index (χ1n) is 11.4. The van der Waals surface area contributed by atoms with Crippen molar-refractivity contribution in [2.24, 2.45) is 0 Å². The molecule has 0 rings (SSSR count). The second-order valence-electron chi connectivity index (χ2n) is 7.81. The summed E-state index contributed by atoms with van der Waals surface area (Å²) in [6.45, 7) is 7.87. The summed E-state index contributed by atoms with van der Waals surface area (Å²) in [4.78, 5) is 2.04. The van der Waals surface area contributed by atoms with Crippen molar-refractivity contribution in [2.75, 3.05) is 25.4 Å². The summed E-state index contributed by atoms with van der Waals surface area (Å²) in [6, 6.07) is 0. The molecule has 0 aliphatic rings. The van der Waals surface area contributed by atoms with Crippen molar-refractivity contribution in [3.63, 3.8) is 0 Å². The summed E-state index contributed by atoms with van der Waals surface area (Å²) >= 11 is 0. The van der Waals surface area contributed by atoms with Gasteiger partial charge in [0, 0.05) is 42.6 Å². The molecule has 0 bridgehead atoms. The van der Waals surface area contributed by atoms with Gasteiger partial charge in [0.1, 0.15) is 0 Å². The van der Waals surface area contributed by atoms with Gasteiger partial charge in [0.15, 0.2) is 0 Å². The summed E-state index contributed by atoms with van der Waals surface area (Å²) in [5.41, 5.74) is 0. The summed E-state index contributed by atoms with van der Waals surface area (Å²) < 4.78 is 30.6. The van der Waals surface area contributed by atoms with Crippen molar-refractivity contribution in [3.05, 3.63) is 24.8 Å². The van der Waals surface area contributed by atoms with Crippen molar-refractivity contribution >= 4 is 39.7 Å². The molecule has 6 heteroatoms. The minimum absolute atomic E-state index is 0. The number of allylic oxidation sites excluding steroid dienone is 2. The van der Waals surface area contributed by atoms with Gasteiger partial charge in [-0.2, -0.15) is 8.42 Å². The number of rotatable bonds is 21. The first kappa shape index (κ1) is 31.5. The summed E-state index contributed by atoms with van der Waals surface area (Å²) in [5.74, 6) is -0.201. The van der Waals surface area contributed by atoms with Crippen LogP contribution in [0.2, 0.25) is 0 Å². The van der Waals surface area contributed by atoms with Crippen LogP contribution >= 0.6 is 0 Å². The number of nitrogens with zero attached hydrogens (tertiary/aromatic N) is 1. The Labute approximate surface area is 203 Å². The normalized spacial score (nSPS) is 11.8. The van der Waals surface area contributed by atoms with E-state index in [1.807, 2.05) is 4.90 Å². The fourth-order valence-electron chi connectivity index (χ4n) is 3.30. The Morgan fingerprint density at radius 3 is 1.76 bits per heavy atom. The number of hydrogen-bond acceptors (Lipinski definition) is 3. The Kier molecular flexibility index (Phi) is 25.0. The average Bonchev–Trinajstić information content (AvgIpc) is 2.65. The molecule has 0 atom stereocenters. The molecule has 0 spiro atoms. The predicted molar refractivity (Wildman–Crippen MR) is 128 cm³/mol. The molecule has 0 aromatic heterocycles. The van der Waals surface area contributed by atoms with Crippen LogP contribution in [-0.4, -0.2) is 72.8 Å². The van der Waals surface area contributed by atoms with Gasteiger partial charge in [-0.1, -0.05) is 82.9 Å². The zero-order chi connectivity index (χ0) is 20.9. The van der Waals surface area contributed by atoms with E-state index in [9.17, 15) is 8.42 Å². The van der Waals surface area contributed by atoms with E-state index in [1.54, 1.807) is 6.08 Å². The molecule has 0 aliphatic heterocycles. The first-order chi connectivity index (χ1) is 13.5. The Balaban J connectivity index is 0. The summed E-state index contributed by atoms with van der Waals surface area (Å²) in [7, 11) is -3.88. The van der Waals surface area contributed by atoms with Crippen molar-refractivity contribution in [2.45, 2.75) is 96.8 Å². The Bertz CT molecular complexity index is 481. The van der Waals surface area contributed by atoms with Crippen molar-refractivity contribution in [1.82, 2.24) is 4.90 Å². The molecule has 29 heavy (non-hydrogen) atoms. The zero-order valence-electron chi connectivity index (χ0n) is 19.3. The molecule has 0 saturated carbocycles. The van der Waals surface area contributed by atoms with E-state index in [-0.39, 0.29) is 35.3 Å². The molecule has 0 aromatic carbocycles. The van der Waals surface area contributed by atoms with Crippen LogP contribution in [0, 0.1) is 0 Å². The number of unbranched alkanes of at least 4 members (excludes halogenated alkanes) is 12. The average molecular weight is 439 g/mol. The van der Waals surface area contributed by atoms with Crippen LogP contribution in [0.1, 0.15) is 96.8 Å². The van der Waals surface area contributed by atoms with E-state index in [2.05, 4.69) is 25.7 Å². The van der Waals surface area contributed by atoms with Crippen LogP contribution in [-0.2, 0) is 10.1 Å². The molecular weight excluding hydrogens is 393 g/mol. The van der Waals surface area contributed by atoms with Crippen molar-refractivity contribution < 1.29 is 13.0 Å². The molecule has 0 amide bonds. The quantitative estimate of drug-likeness (QED) is 0.103. The molecular formula is C23H45NNaO3S. The molecule has 0 fully saturated rings. The van der Waals surface area contributed by atoms with E-state index >= 15 is 0 Å². The third-order valence-corrected chi connectivity index (χ3v) is 5.74. The van der Waals surface area contributed by atoms with Crippen LogP contribution in [0.4, 0.5) is 0 Å². The third kappa shape index (κ3) is 26.3. The van der Waals surface area contributed by atoms with Gasteiger partial charge in [-0.25, -0.2) is 0 Å². The second-order valence-corrected chi connectivity index (χ2v) is 9.39. The molecule has 1 radical (unpaired) electrons. The van der Waals surface area contributed by atoms with E-state index in [0.717, 1.165) is 13.0 Å². The van der Waals surface area contributed by atoms with Crippen molar-refractivity contribution in [1.29, 1.82) is 0 Å². The van der Waals surface area contributed by atoms with Gasteiger partial charge >= 0.3 is 0 Å². The molecule has 0 aromatic rings. The minimum Gasteiger partial charge on any atom is -0.299 e. The third-order valence-electron chi connectivity index (χ3n) is 5.04. The smallest absolute Gasteiger partial charge is 0.266 e. The van der Waals surface area contributed by atoms with Crippen LogP contribution in [0.15, 0.2) is 24.8 Å². The largest absolute Gasteiger partial charge is 0.299 e. The van der Waals surface area contributed by atoms with E-state index in [0.29, 0.717) is 13.1 Å². The van der Waals surface area contributed by atoms with Gasteiger partial charge in [-0.15, -0.1) is 6.58 Å². The van der Waals surface area contributed by atoms with E-state index in [1.165, 1.54) is 83.5 Å². The summed E-state index contributed by atoms with van der Waals surface area (Å²) in [5, 5.41) is 0. The predicted octanol–water partition coefficient (Wildman–Crippen LogP) is 6.02. The molecule has 167 valence electrons. The maximum atomic E-state index is 10.9. The number of hydrogen-bond donors (Lipinski definition) is 1. The molecule has 1 N–H and O–H groups in total. The maximum Gasteiger partial charge on any atom is 0.266 e.